The predicted octanol–water partition coefficient (Wildman–Crippen LogP) is 6.17. The maximum Gasteiger partial charge on any atom is 0.409 e. The van der Waals surface area contributed by atoms with Gasteiger partial charge in [0.2, 0.25) is 5.78 Å². The van der Waals surface area contributed by atoms with Crippen LogP contribution in [0.1, 0.15) is 54.5 Å². The lowest BCUT2D eigenvalue weighted by Gasteiger charge is -2.40. The molecule has 1 saturated heterocycles. The molecule has 4 aromatic carbocycles. The van der Waals surface area contributed by atoms with Crippen molar-refractivity contribution in [3.8, 4) is 28.4 Å². The maximum atomic E-state index is 14.6. The van der Waals surface area contributed by atoms with Gasteiger partial charge in [0.25, 0.3) is 5.91 Å². The molecule has 0 aromatic heterocycles. The fourth-order valence-electron chi connectivity index (χ4n) is 7.67. The molecular weight excluding hydrogens is 813 g/mol. The zero-order valence-electron chi connectivity index (χ0n) is 35.6. The quantitative estimate of drug-likeness (QED) is 0.0519. The van der Waals surface area contributed by atoms with E-state index >= 15 is 0 Å². The summed E-state index contributed by atoms with van der Waals surface area (Å²) in [6.45, 7) is 4.53. The highest BCUT2D eigenvalue weighted by Gasteiger charge is 2.45. The Morgan fingerprint density at radius 3 is 2.17 bits per heavy atom. The summed E-state index contributed by atoms with van der Waals surface area (Å²) < 4.78 is 33.6. The number of aliphatic carboxylic acids is 1. The van der Waals surface area contributed by atoms with E-state index in [1.54, 1.807) is 36.4 Å². The summed E-state index contributed by atoms with van der Waals surface area (Å²) in [5.74, 6) is -3.86. The van der Waals surface area contributed by atoms with E-state index < -0.39 is 66.5 Å². The van der Waals surface area contributed by atoms with Gasteiger partial charge in [0.1, 0.15) is 31.1 Å². The largest absolute Gasteiger partial charge is 0.493 e. The number of fused-ring (bicyclic) bond motifs is 3. The van der Waals surface area contributed by atoms with E-state index in [4.69, 9.17) is 28.4 Å². The highest BCUT2D eigenvalue weighted by molar-refractivity contribution is 6.38. The van der Waals surface area contributed by atoms with E-state index in [-0.39, 0.29) is 44.3 Å². The molecule has 63 heavy (non-hydrogen) atoms. The first-order chi connectivity index (χ1) is 30.2. The minimum absolute atomic E-state index is 0.00965. The van der Waals surface area contributed by atoms with Crippen LogP contribution in [0.2, 0.25) is 0 Å². The number of hydrogen-bond acceptors (Lipinski definition) is 12. The molecule has 2 aliphatic rings. The van der Waals surface area contributed by atoms with Crippen LogP contribution < -0.4 is 14.2 Å². The highest BCUT2D eigenvalue weighted by atomic mass is 16.6. The number of hydrogen-bond donors (Lipinski definition) is 1. The van der Waals surface area contributed by atoms with Gasteiger partial charge in [-0.2, -0.15) is 0 Å². The topological polar surface area (TPSA) is 185 Å². The normalized spacial score (nSPS) is 15.0. The van der Waals surface area contributed by atoms with Gasteiger partial charge in [0, 0.05) is 25.1 Å². The number of benzene rings is 4. The van der Waals surface area contributed by atoms with Gasteiger partial charge in [-0.25, -0.2) is 19.2 Å². The van der Waals surface area contributed by atoms with E-state index in [0.29, 0.717) is 23.5 Å². The van der Waals surface area contributed by atoms with E-state index in [0.717, 1.165) is 38.8 Å². The average Bonchev–Trinajstić information content (AvgIpc) is 3.62. The van der Waals surface area contributed by atoms with Gasteiger partial charge in [0.15, 0.2) is 18.1 Å². The van der Waals surface area contributed by atoms with Crippen LogP contribution in [0.3, 0.4) is 0 Å². The van der Waals surface area contributed by atoms with Gasteiger partial charge in [-0.05, 0) is 84.3 Å². The third-order valence-corrected chi connectivity index (χ3v) is 11.1. The standard InChI is InChI=1S/C48H50N2O13/c1-6-43(53)62-29-48(2,3)44(54)45(55)50-23-22-49(47(57)61-27-37-35-16-9-7-14-33(35)34-15-8-10-17-36(34)37)26-38(50)46(56)63-39(31-12-11-13-32(25-31)60-28-42(51)52)20-18-30-19-21-40(58-4)41(24-30)59-5/h6-17,19,21,24-25,37-39H,1,18,20,22-23,26-29H2,2-5H3,(H,51,52)/t38-,39+/m0/s1. The number of carbonyl (C=O) groups is 6. The number of nitrogens with zero attached hydrogens (tertiary/aromatic N) is 2. The number of amides is 2. The Hall–Kier alpha value is -7.16. The zero-order chi connectivity index (χ0) is 45.3. The number of ketones is 1. The van der Waals surface area contributed by atoms with Crippen molar-refractivity contribution in [1.82, 2.24) is 9.80 Å². The van der Waals surface area contributed by atoms with Gasteiger partial charge in [-0.1, -0.05) is 73.3 Å². The number of methoxy groups -OCH3 is 2. The summed E-state index contributed by atoms with van der Waals surface area (Å²) in [5.41, 5.74) is 3.90. The molecule has 4 aromatic rings. The fourth-order valence-corrected chi connectivity index (χ4v) is 7.67. The van der Waals surface area contributed by atoms with Gasteiger partial charge in [-0.15, -0.1) is 0 Å². The van der Waals surface area contributed by atoms with Crippen molar-refractivity contribution in [1.29, 1.82) is 0 Å². The number of ether oxygens (including phenoxy) is 6. The second-order valence-electron chi connectivity index (χ2n) is 15.7. The lowest BCUT2D eigenvalue weighted by atomic mass is 9.87. The van der Waals surface area contributed by atoms with Crippen molar-refractivity contribution >= 4 is 35.7 Å². The molecule has 15 heteroatoms. The molecule has 0 bridgehead atoms. The van der Waals surface area contributed by atoms with E-state index in [1.165, 1.54) is 33.0 Å². The molecular formula is C48H50N2O13. The summed E-state index contributed by atoms with van der Waals surface area (Å²) in [6, 6.07) is 26.1. The second-order valence-corrected chi connectivity index (χ2v) is 15.7. The summed E-state index contributed by atoms with van der Waals surface area (Å²) in [5, 5.41) is 9.23. The summed E-state index contributed by atoms with van der Waals surface area (Å²) in [6.07, 6.45) is -0.231. The number of carboxylic acids is 1. The molecule has 0 unspecified atom stereocenters. The first kappa shape index (κ1) is 45.4. The van der Waals surface area contributed by atoms with E-state index in [1.807, 2.05) is 54.6 Å². The van der Waals surface area contributed by atoms with Crippen molar-refractivity contribution in [3.63, 3.8) is 0 Å². The Kier molecular flexibility index (Phi) is 14.5. The number of Topliss-reactive ketones (excluding diaryl/α,β-unsaturated/α-hetero) is 1. The van der Waals surface area contributed by atoms with Gasteiger partial charge in [-0.3, -0.25) is 9.59 Å². The van der Waals surface area contributed by atoms with Crippen LogP contribution in [-0.2, 0) is 44.6 Å². The minimum Gasteiger partial charge on any atom is -0.493 e. The SMILES string of the molecule is C=CC(=O)OCC(C)(C)C(=O)C(=O)N1CCN(C(=O)OCC2c3ccccc3-c3ccccc32)C[C@H]1C(=O)O[C@H](CCc1ccc(OC)c(OC)c1)c1cccc(OCC(=O)O)c1. The summed E-state index contributed by atoms with van der Waals surface area (Å²) in [7, 11) is 3.03. The monoisotopic (exact) mass is 862 g/mol. The lowest BCUT2D eigenvalue weighted by Crippen LogP contribution is -2.62. The highest BCUT2D eigenvalue weighted by Crippen LogP contribution is 2.44. The average molecular weight is 863 g/mol. The fraction of sp³-hybridized carbons (Fsp3) is 0.333. The number of rotatable bonds is 18. The number of carbonyl (C=O) groups excluding carboxylic acids is 5. The third kappa shape index (κ3) is 10.7. The minimum atomic E-state index is -1.49. The van der Waals surface area contributed by atoms with Crippen molar-refractivity contribution in [2.24, 2.45) is 5.41 Å². The van der Waals surface area contributed by atoms with Crippen LogP contribution in [0.25, 0.3) is 11.1 Å². The molecule has 0 spiro atoms. The molecule has 1 aliphatic heterocycles. The number of carboxylic acid groups (broad SMARTS) is 1. The number of aryl methyl sites for hydroxylation is 1. The van der Waals surface area contributed by atoms with E-state index in [9.17, 15) is 33.9 Å². The van der Waals surface area contributed by atoms with Gasteiger partial charge < -0.3 is 43.3 Å². The molecule has 1 heterocycles. The predicted molar refractivity (Wildman–Crippen MR) is 228 cm³/mol. The molecule has 0 radical (unpaired) electrons. The number of esters is 2. The smallest absolute Gasteiger partial charge is 0.409 e. The lowest BCUT2D eigenvalue weighted by molar-refractivity contribution is -0.166. The van der Waals surface area contributed by atoms with Crippen LogP contribution in [-0.4, -0.2) is 110 Å². The second kappa shape index (κ2) is 20.1. The molecule has 2 atom stereocenters. The Morgan fingerprint density at radius 2 is 1.52 bits per heavy atom. The molecule has 0 saturated carbocycles. The Bertz CT molecular complexity index is 2330. The summed E-state index contributed by atoms with van der Waals surface area (Å²) in [4.78, 5) is 82.0. The van der Waals surface area contributed by atoms with E-state index in [2.05, 4.69) is 6.58 Å². The van der Waals surface area contributed by atoms with Crippen LogP contribution >= 0.6 is 0 Å². The van der Waals surface area contributed by atoms with Crippen molar-refractivity contribution in [2.75, 3.05) is 53.7 Å². The number of piperazine rings is 1. The zero-order valence-corrected chi connectivity index (χ0v) is 35.6. The Labute approximate surface area is 365 Å². The molecule has 6 rings (SSSR count). The van der Waals surface area contributed by atoms with Crippen molar-refractivity contribution in [2.45, 2.75) is 44.8 Å². The molecule has 1 aliphatic carbocycles. The van der Waals surface area contributed by atoms with Gasteiger partial charge >= 0.3 is 24.0 Å². The summed E-state index contributed by atoms with van der Waals surface area (Å²) >= 11 is 0. The first-order valence-corrected chi connectivity index (χ1v) is 20.3. The van der Waals surface area contributed by atoms with Crippen LogP contribution in [0.15, 0.2) is 104 Å². The molecule has 1 fully saturated rings. The Balaban J connectivity index is 1.27. The third-order valence-electron chi connectivity index (χ3n) is 11.1. The van der Waals surface area contributed by atoms with Crippen LogP contribution in [0.4, 0.5) is 4.79 Å². The molecule has 330 valence electrons. The molecule has 15 nitrogen and oxygen atoms in total. The maximum absolute atomic E-state index is 14.6. The van der Waals surface area contributed by atoms with Gasteiger partial charge in [0.05, 0.1) is 26.2 Å². The Morgan fingerprint density at radius 1 is 0.841 bits per heavy atom. The van der Waals surface area contributed by atoms with Crippen molar-refractivity contribution in [3.05, 3.63) is 126 Å². The van der Waals surface area contributed by atoms with Crippen molar-refractivity contribution < 1.29 is 62.3 Å². The first-order valence-electron chi connectivity index (χ1n) is 20.3. The van der Waals surface area contributed by atoms with Crippen LogP contribution in [0.5, 0.6) is 17.2 Å². The molecule has 1 N–H and O–H groups in total. The molecule has 2 amide bonds. The van der Waals surface area contributed by atoms with Crippen LogP contribution in [0, 0.1) is 5.41 Å².